The summed E-state index contributed by atoms with van der Waals surface area (Å²) in [5, 5.41) is 12.6. The van der Waals surface area contributed by atoms with E-state index in [1.807, 2.05) is 0 Å². The molecule has 0 spiro atoms. The molecule has 0 amide bonds. The predicted molar refractivity (Wildman–Crippen MR) is 59.3 cm³/mol. The van der Waals surface area contributed by atoms with Crippen LogP contribution in [0.15, 0.2) is 23.1 Å². The van der Waals surface area contributed by atoms with Crippen LogP contribution in [0, 0.1) is 12.7 Å². The third-order valence-corrected chi connectivity index (χ3v) is 3.60. The maximum atomic E-state index is 13.5. The van der Waals surface area contributed by atoms with Crippen molar-refractivity contribution < 1.29 is 12.8 Å². The minimum Gasteiger partial charge on any atom is -0.207 e. The largest absolute Gasteiger partial charge is 0.243 e. The smallest absolute Gasteiger partial charge is 0.207 e. The van der Waals surface area contributed by atoms with Gasteiger partial charge in [0.25, 0.3) is 0 Å². The van der Waals surface area contributed by atoms with Gasteiger partial charge in [0.2, 0.25) is 10.0 Å². The zero-order valence-electron chi connectivity index (χ0n) is 9.38. The Hall–Kier alpha value is -1.87. The van der Waals surface area contributed by atoms with E-state index < -0.39 is 20.7 Å². The van der Waals surface area contributed by atoms with E-state index in [1.165, 1.54) is 12.1 Å². The molecule has 0 aliphatic carbocycles. The van der Waals surface area contributed by atoms with E-state index in [0.29, 0.717) is 5.56 Å². The Labute approximate surface area is 102 Å². The molecular weight excluding hydrogens is 261 g/mol. The number of rotatable bonds is 4. The lowest BCUT2D eigenvalue weighted by Crippen LogP contribution is -2.24. The molecule has 0 aliphatic rings. The molecule has 1 aromatic heterocycles. The Balaban J connectivity index is 2.22. The van der Waals surface area contributed by atoms with Crippen LogP contribution in [-0.2, 0) is 16.6 Å². The van der Waals surface area contributed by atoms with Gasteiger partial charge < -0.3 is 0 Å². The van der Waals surface area contributed by atoms with Crippen molar-refractivity contribution >= 4 is 10.0 Å². The quantitative estimate of drug-likeness (QED) is 0.823. The van der Waals surface area contributed by atoms with Gasteiger partial charge in [-0.1, -0.05) is 11.3 Å². The lowest BCUT2D eigenvalue weighted by Gasteiger charge is -2.06. The van der Waals surface area contributed by atoms with Crippen LogP contribution in [-0.4, -0.2) is 29.0 Å². The molecule has 0 radical (unpaired) electrons. The van der Waals surface area contributed by atoms with Crippen LogP contribution >= 0.6 is 0 Å². The molecule has 0 saturated carbocycles. The number of tetrazole rings is 1. The first-order valence-corrected chi connectivity index (χ1v) is 6.45. The fraction of sp³-hybridized carbons (Fsp3) is 0.222. The molecule has 0 atom stereocenters. The maximum Gasteiger partial charge on any atom is 0.243 e. The van der Waals surface area contributed by atoms with Crippen molar-refractivity contribution in [1.29, 1.82) is 0 Å². The molecule has 7 nitrogen and oxygen atoms in total. The Morgan fingerprint density at radius 3 is 2.89 bits per heavy atom. The van der Waals surface area contributed by atoms with Crippen molar-refractivity contribution in [3.05, 3.63) is 35.4 Å². The van der Waals surface area contributed by atoms with Crippen LogP contribution in [0.5, 0.6) is 0 Å². The average molecular weight is 271 g/mol. The highest BCUT2D eigenvalue weighted by atomic mass is 32.2. The topological polar surface area (TPSA) is 101 Å². The number of sulfonamides is 1. The van der Waals surface area contributed by atoms with Gasteiger partial charge in [-0.3, -0.25) is 0 Å². The van der Waals surface area contributed by atoms with Gasteiger partial charge in [0.15, 0.2) is 5.82 Å². The van der Waals surface area contributed by atoms with Gasteiger partial charge in [-0.25, -0.2) is 17.5 Å². The van der Waals surface area contributed by atoms with Crippen molar-refractivity contribution in [2.75, 3.05) is 0 Å². The van der Waals surface area contributed by atoms with Gasteiger partial charge in [-0.05, 0) is 24.6 Å². The van der Waals surface area contributed by atoms with Crippen LogP contribution in [0.25, 0.3) is 0 Å². The summed E-state index contributed by atoms with van der Waals surface area (Å²) in [5.41, 5.74) is 0.649. The van der Waals surface area contributed by atoms with Gasteiger partial charge in [0.1, 0.15) is 10.7 Å². The van der Waals surface area contributed by atoms with Gasteiger partial charge in [0.05, 0.1) is 6.54 Å². The molecule has 96 valence electrons. The molecular formula is C9H10FN5O2S. The molecule has 0 fully saturated rings. The molecule has 18 heavy (non-hydrogen) atoms. The summed E-state index contributed by atoms with van der Waals surface area (Å²) in [6.07, 6.45) is 0. The second kappa shape index (κ2) is 4.78. The molecule has 2 N–H and O–H groups in total. The molecule has 9 heteroatoms. The molecule has 2 rings (SSSR count). The normalized spacial score (nSPS) is 11.7. The van der Waals surface area contributed by atoms with Crippen LogP contribution in [0.1, 0.15) is 11.4 Å². The number of H-pyrrole nitrogens is 1. The summed E-state index contributed by atoms with van der Waals surface area (Å²) < 4.78 is 39.4. The predicted octanol–water partition coefficient (Wildman–Crippen LogP) is 0.126. The third-order valence-electron chi connectivity index (χ3n) is 2.19. The maximum absolute atomic E-state index is 13.5. The number of nitrogens with one attached hydrogen (secondary N) is 2. The number of aryl methyl sites for hydroxylation is 1. The van der Waals surface area contributed by atoms with Gasteiger partial charge in [-0.2, -0.15) is 5.21 Å². The Bertz CT molecular complexity index is 641. The second-order valence-corrected chi connectivity index (χ2v) is 5.32. The number of aromatic nitrogens is 4. The molecule has 0 bridgehead atoms. The highest BCUT2D eigenvalue weighted by Crippen LogP contribution is 2.15. The van der Waals surface area contributed by atoms with Crippen molar-refractivity contribution in [3.8, 4) is 0 Å². The molecule has 0 aliphatic heterocycles. The van der Waals surface area contributed by atoms with Crippen molar-refractivity contribution in [2.24, 2.45) is 0 Å². The SMILES string of the molecule is Cc1ccc(F)c(S(=O)(=O)NCc2nn[nH]n2)c1. The van der Waals surface area contributed by atoms with Crippen molar-refractivity contribution in [2.45, 2.75) is 18.4 Å². The van der Waals surface area contributed by atoms with Gasteiger partial charge in [-0.15, -0.1) is 10.2 Å². The fourth-order valence-corrected chi connectivity index (χ4v) is 2.45. The van der Waals surface area contributed by atoms with E-state index in [1.54, 1.807) is 6.92 Å². The molecule has 2 aromatic rings. The second-order valence-electron chi connectivity index (χ2n) is 3.59. The van der Waals surface area contributed by atoms with Gasteiger partial charge in [0, 0.05) is 0 Å². The number of hydrogen-bond acceptors (Lipinski definition) is 5. The monoisotopic (exact) mass is 271 g/mol. The number of hydrogen-bond donors (Lipinski definition) is 2. The Morgan fingerprint density at radius 2 is 2.22 bits per heavy atom. The fourth-order valence-electron chi connectivity index (χ4n) is 1.31. The summed E-state index contributed by atoms with van der Waals surface area (Å²) in [6, 6.07) is 3.86. The molecule has 0 saturated heterocycles. The first kappa shape index (κ1) is 12.6. The summed E-state index contributed by atoms with van der Waals surface area (Å²) in [6.45, 7) is 1.52. The zero-order chi connectivity index (χ0) is 13.2. The van der Waals surface area contributed by atoms with Gasteiger partial charge >= 0.3 is 0 Å². The molecule has 0 unspecified atom stereocenters. The standard InChI is InChI=1S/C9H10FN5O2S/c1-6-2-3-7(10)8(4-6)18(16,17)11-5-9-12-14-15-13-9/h2-4,11H,5H2,1H3,(H,12,13,14,15). The summed E-state index contributed by atoms with van der Waals surface area (Å²) >= 11 is 0. The summed E-state index contributed by atoms with van der Waals surface area (Å²) in [5.74, 6) is -0.632. The highest BCUT2D eigenvalue weighted by molar-refractivity contribution is 7.89. The highest BCUT2D eigenvalue weighted by Gasteiger charge is 2.19. The summed E-state index contributed by atoms with van der Waals surface area (Å²) in [7, 11) is -3.94. The first-order valence-electron chi connectivity index (χ1n) is 4.97. The van der Waals surface area contributed by atoms with E-state index in [-0.39, 0.29) is 12.4 Å². The third kappa shape index (κ3) is 2.68. The molecule has 1 aromatic carbocycles. The minimum absolute atomic E-state index is 0.161. The van der Waals surface area contributed by atoms with E-state index in [0.717, 1.165) is 6.07 Å². The van der Waals surface area contributed by atoms with E-state index >= 15 is 0 Å². The Morgan fingerprint density at radius 1 is 1.44 bits per heavy atom. The van der Waals surface area contributed by atoms with Crippen molar-refractivity contribution in [3.63, 3.8) is 0 Å². The van der Waals surface area contributed by atoms with E-state index in [4.69, 9.17) is 0 Å². The lowest BCUT2D eigenvalue weighted by atomic mass is 10.2. The van der Waals surface area contributed by atoms with Crippen LogP contribution in [0.4, 0.5) is 4.39 Å². The van der Waals surface area contributed by atoms with Crippen LogP contribution < -0.4 is 4.72 Å². The van der Waals surface area contributed by atoms with Crippen molar-refractivity contribution in [1.82, 2.24) is 25.3 Å². The Kier molecular flexibility index (Phi) is 3.34. The van der Waals surface area contributed by atoms with Crippen LogP contribution in [0.2, 0.25) is 0 Å². The summed E-state index contributed by atoms with van der Waals surface area (Å²) in [4.78, 5) is -0.397. The number of nitrogens with zero attached hydrogens (tertiary/aromatic N) is 3. The first-order chi connectivity index (χ1) is 8.49. The zero-order valence-corrected chi connectivity index (χ0v) is 10.2. The van der Waals surface area contributed by atoms with E-state index in [9.17, 15) is 12.8 Å². The van der Waals surface area contributed by atoms with Crippen LogP contribution in [0.3, 0.4) is 0 Å². The number of aromatic amines is 1. The number of halogens is 1. The molecule has 1 heterocycles. The van der Waals surface area contributed by atoms with E-state index in [2.05, 4.69) is 25.3 Å². The number of benzene rings is 1. The minimum atomic E-state index is -3.94. The lowest BCUT2D eigenvalue weighted by molar-refractivity contribution is 0.555. The average Bonchev–Trinajstić information content (AvgIpc) is 2.83.